The Bertz CT molecular complexity index is 964. The molecule has 1 amide bonds. The van der Waals surface area contributed by atoms with Gasteiger partial charge in [0.2, 0.25) is 5.91 Å². The van der Waals surface area contributed by atoms with Gasteiger partial charge in [-0.15, -0.1) is 0 Å². The fraction of sp³-hybridized carbons (Fsp3) is 0.300. The zero-order chi connectivity index (χ0) is 18.3. The smallest absolute Gasteiger partial charge is 0.229 e. The lowest BCUT2D eigenvalue weighted by atomic mass is 10.00. The van der Waals surface area contributed by atoms with Crippen molar-refractivity contribution in [2.75, 3.05) is 18.9 Å². The number of fused-ring (bicyclic) bond motifs is 1. The molecule has 1 fully saturated rings. The van der Waals surface area contributed by atoms with E-state index in [9.17, 15) is 9.18 Å². The molecule has 0 radical (unpaired) electrons. The average molecular weight is 369 g/mol. The summed E-state index contributed by atoms with van der Waals surface area (Å²) >= 11 is 1.42. The van der Waals surface area contributed by atoms with Crippen LogP contribution in [-0.4, -0.2) is 24.5 Å². The number of carbonyl (C=O) groups is 1. The molecule has 0 saturated heterocycles. The van der Waals surface area contributed by atoms with Crippen LogP contribution in [0.3, 0.4) is 0 Å². The van der Waals surface area contributed by atoms with Crippen molar-refractivity contribution in [3.05, 3.63) is 47.8 Å². The van der Waals surface area contributed by atoms with Crippen LogP contribution in [0, 0.1) is 24.6 Å². The molecular formula is C20H20FN3OS. The summed E-state index contributed by atoms with van der Waals surface area (Å²) in [5.41, 5.74) is 3.14. The predicted octanol–water partition coefficient (Wildman–Crippen LogP) is 4.20. The lowest BCUT2D eigenvalue weighted by Crippen LogP contribution is -2.18. The van der Waals surface area contributed by atoms with Crippen molar-refractivity contribution in [1.29, 1.82) is 0 Å². The van der Waals surface area contributed by atoms with E-state index in [4.69, 9.17) is 0 Å². The van der Waals surface area contributed by atoms with Gasteiger partial charge in [0.25, 0.3) is 0 Å². The molecule has 0 aliphatic heterocycles. The van der Waals surface area contributed by atoms with Crippen molar-refractivity contribution < 1.29 is 9.18 Å². The lowest BCUT2D eigenvalue weighted by molar-refractivity contribution is -0.117. The minimum absolute atomic E-state index is 0.0366. The normalized spacial score (nSPS) is 18.9. The molecule has 26 heavy (non-hydrogen) atoms. The monoisotopic (exact) mass is 369 g/mol. The second kappa shape index (κ2) is 6.78. The Labute approximate surface area is 155 Å². The molecule has 4 nitrogen and oxygen atoms in total. The summed E-state index contributed by atoms with van der Waals surface area (Å²) in [6.45, 7) is 2.77. The van der Waals surface area contributed by atoms with Gasteiger partial charge in [0.1, 0.15) is 5.82 Å². The van der Waals surface area contributed by atoms with Crippen LogP contribution in [0.5, 0.6) is 0 Å². The van der Waals surface area contributed by atoms with Gasteiger partial charge in [-0.25, -0.2) is 9.37 Å². The van der Waals surface area contributed by atoms with Crippen LogP contribution in [0.1, 0.15) is 12.0 Å². The highest BCUT2D eigenvalue weighted by Gasteiger charge is 2.42. The zero-order valence-electron chi connectivity index (χ0n) is 14.7. The Morgan fingerprint density at radius 2 is 2.19 bits per heavy atom. The summed E-state index contributed by atoms with van der Waals surface area (Å²) in [7, 11) is 1.90. The number of benzene rings is 2. The molecule has 2 N–H and O–H groups in total. The van der Waals surface area contributed by atoms with E-state index in [1.54, 1.807) is 6.07 Å². The van der Waals surface area contributed by atoms with Gasteiger partial charge in [-0.05, 0) is 62.2 Å². The van der Waals surface area contributed by atoms with Crippen LogP contribution in [0.4, 0.5) is 9.52 Å². The summed E-state index contributed by atoms with van der Waals surface area (Å²) in [5.74, 6) is 0.303. The van der Waals surface area contributed by atoms with Crippen LogP contribution in [0.2, 0.25) is 0 Å². The van der Waals surface area contributed by atoms with Crippen LogP contribution in [0.15, 0.2) is 36.4 Å². The maximum Gasteiger partial charge on any atom is 0.229 e. The van der Waals surface area contributed by atoms with Gasteiger partial charge >= 0.3 is 0 Å². The molecule has 4 rings (SSSR count). The third kappa shape index (κ3) is 3.22. The molecule has 1 saturated carbocycles. The second-order valence-corrected chi connectivity index (χ2v) is 7.81. The average Bonchev–Trinajstić information content (AvgIpc) is 3.25. The second-order valence-electron chi connectivity index (χ2n) is 6.78. The molecular weight excluding hydrogens is 349 g/mol. The van der Waals surface area contributed by atoms with Gasteiger partial charge in [-0.2, -0.15) is 0 Å². The Morgan fingerprint density at radius 3 is 2.96 bits per heavy atom. The van der Waals surface area contributed by atoms with Gasteiger partial charge in [-0.3, -0.25) is 4.79 Å². The molecule has 1 aliphatic rings. The fourth-order valence-electron chi connectivity index (χ4n) is 3.39. The van der Waals surface area contributed by atoms with E-state index in [0.717, 1.165) is 34.3 Å². The van der Waals surface area contributed by atoms with Gasteiger partial charge in [0, 0.05) is 11.5 Å². The van der Waals surface area contributed by atoms with E-state index in [-0.39, 0.29) is 17.6 Å². The number of nitrogens with one attached hydrogen (secondary N) is 2. The number of anilines is 1. The first-order chi connectivity index (χ1) is 12.6. The quantitative estimate of drug-likeness (QED) is 0.708. The fourth-order valence-corrected chi connectivity index (χ4v) is 4.29. The molecule has 2 atom stereocenters. The summed E-state index contributed by atoms with van der Waals surface area (Å²) in [6, 6.07) is 10.8. The number of aryl methyl sites for hydroxylation is 1. The number of amides is 1. The molecule has 6 heteroatoms. The Balaban J connectivity index is 1.58. The molecule has 3 aromatic rings. The molecule has 2 aromatic carbocycles. The van der Waals surface area contributed by atoms with Crippen molar-refractivity contribution in [2.45, 2.75) is 13.3 Å². The van der Waals surface area contributed by atoms with E-state index in [0.29, 0.717) is 16.6 Å². The standard InChI is InChI=1S/C20H20FN3OS/c1-11-4-3-5-15(21)18(11)12-6-7-16-17(9-12)26-20(23-16)24-19(25)14-8-13(14)10-22-2/h3-7,9,13-14,22H,8,10H2,1-2H3,(H,23,24,25)/t13-,14-/m0/s1. The highest BCUT2D eigenvalue weighted by molar-refractivity contribution is 7.22. The molecule has 1 aromatic heterocycles. The summed E-state index contributed by atoms with van der Waals surface area (Å²) in [5, 5.41) is 6.64. The van der Waals surface area contributed by atoms with E-state index in [1.165, 1.54) is 17.4 Å². The van der Waals surface area contributed by atoms with Crippen molar-refractivity contribution >= 4 is 32.6 Å². The Kier molecular flexibility index (Phi) is 4.46. The number of rotatable bonds is 5. The summed E-state index contributed by atoms with van der Waals surface area (Å²) in [6.07, 6.45) is 0.925. The van der Waals surface area contributed by atoms with Gasteiger partial charge < -0.3 is 10.6 Å². The van der Waals surface area contributed by atoms with Gasteiger partial charge in [-0.1, -0.05) is 29.5 Å². The first-order valence-corrected chi connectivity index (χ1v) is 9.50. The van der Waals surface area contributed by atoms with Crippen LogP contribution in [-0.2, 0) is 4.79 Å². The highest BCUT2D eigenvalue weighted by Crippen LogP contribution is 2.39. The molecule has 0 spiro atoms. The first kappa shape index (κ1) is 17.1. The minimum atomic E-state index is -0.230. The van der Waals surface area contributed by atoms with Gasteiger partial charge in [0.05, 0.1) is 10.2 Å². The molecule has 0 bridgehead atoms. The van der Waals surface area contributed by atoms with E-state index in [2.05, 4.69) is 15.6 Å². The Hall–Kier alpha value is -2.31. The topological polar surface area (TPSA) is 54.0 Å². The molecule has 0 unspecified atom stereocenters. The van der Waals surface area contributed by atoms with Crippen molar-refractivity contribution in [3.8, 4) is 11.1 Å². The molecule has 1 heterocycles. The maximum atomic E-state index is 14.2. The van der Waals surface area contributed by atoms with Crippen LogP contribution in [0.25, 0.3) is 21.3 Å². The summed E-state index contributed by atoms with van der Waals surface area (Å²) in [4.78, 5) is 16.8. The number of hydrogen-bond acceptors (Lipinski definition) is 4. The van der Waals surface area contributed by atoms with E-state index in [1.807, 2.05) is 38.2 Å². The van der Waals surface area contributed by atoms with Crippen LogP contribution < -0.4 is 10.6 Å². The van der Waals surface area contributed by atoms with Crippen LogP contribution >= 0.6 is 11.3 Å². The maximum absolute atomic E-state index is 14.2. The Morgan fingerprint density at radius 1 is 1.35 bits per heavy atom. The van der Waals surface area contributed by atoms with Crippen molar-refractivity contribution in [2.24, 2.45) is 11.8 Å². The minimum Gasteiger partial charge on any atom is -0.319 e. The van der Waals surface area contributed by atoms with Crippen molar-refractivity contribution in [3.63, 3.8) is 0 Å². The van der Waals surface area contributed by atoms with Crippen molar-refractivity contribution in [1.82, 2.24) is 10.3 Å². The third-order valence-electron chi connectivity index (χ3n) is 4.85. The first-order valence-electron chi connectivity index (χ1n) is 8.68. The predicted molar refractivity (Wildman–Crippen MR) is 104 cm³/mol. The van der Waals surface area contributed by atoms with E-state index < -0.39 is 0 Å². The SMILES string of the molecule is CNC[C@@H]1C[C@@H]1C(=O)Nc1nc2ccc(-c3c(C)cccc3F)cc2s1. The lowest BCUT2D eigenvalue weighted by Gasteiger charge is -2.07. The number of carbonyl (C=O) groups excluding carboxylic acids is 1. The third-order valence-corrected chi connectivity index (χ3v) is 5.79. The number of nitrogens with zero attached hydrogens (tertiary/aromatic N) is 1. The van der Waals surface area contributed by atoms with Gasteiger partial charge in [0.15, 0.2) is 5.13 Å². The molecule has 1 aliphatic carbocycles. The number of thiazole rings is 1. The number of hydrogen-bond donors (Lipinski definition) is 2. The number of aromatic nitrogens is 1. The summed E-state index contributed by atoms with van der Waals surface area (Å²) < 4.78 is 15.2. The zero-order valence-corrected chi connectivity index (χ0v) is 15.5. The largest absolute Gasteiger partial charge is 0.319 e. The molecule has 134 valence electrons. The highest BCUT2D eigenvalue weighted by atomic mass is 32.1. The number of halogens is 1. The van der Waals surface area contributed by atoms with E-state index >= 15 is 0 Å².